The molecule has 0 radical (unpaired) electrons. The fourth-order valence-corrected chi connectivity index (χ4v) is 3.44. The highest BCUT2D eigenvalue weighted by Crippen LogP contribution is 2.24. The van der Waals surface area contributed by atoms with E-state index < -0.39 is 5.82 Å². The molecule has 6 heteroatoms. The molecule has 26 heavy (non-hydrogen) atoms. The van der Waals surface area contributed by atoms with Crippen molar-refractivity contribution in [1.29, 1.82) is 0 Å². The lowest BCUT2D eigenvalue weighted by molar-refractivity contribution is 0.102. The molecule has 1 aliphatic heterocycles. The van der Waals surface area contributed by atoms with Crippen molar-refractivity contribution in [3.63, 3.8) is 0 Å². The molecule has 0 atom stereocenters. The second-order valence-corrected chi connectivity index (χ2v) is 6.72. The Hall–Kier alpha value is -2.66. The molecular formula is C20H17ClFN3O. The summed E-state index contributed by atoms with van der Waals surface area (Å²) in [6.45, 7) is 2.15. The normalized spacial score (nSPS) is 14.0. The summed E-state index contributed by atoms with van der Waals surface area (Å²) in [6.07, 6.45) is 2.44. The number of hydrogen-bond donors (Lipinski definition) is 1. The molecule has 1 N–H and O–H groups in total. The molecule has 0 saturated carbocycles. The van der Waals surface area contributed by atoms with Gasteiger partial charge in [-0.05, 0) is 55.3 Å². The van der Waals surface area contributed by atoms with Crippen molar-refractivity contribution in [1.82, 2.24) is 4.98 Å². The highest BCUT2D eigenvalue weighted by Gasteiger charge is 2.15. The second-order valence-electron chi connectivity index (χ2n) is 6.36. The van der Waals surface area contributed by atoms with Crippen LogP contribution in [-0.2, 0) is 0 Å². The van der Waals surface area contributed by atoms with Gasteiger partial charge in [0.1, 0.15) is 11.0 Å². The zero-order valence-corrected chi connectivity index (χ0v) is 14.8. The minimum absolute atomic E-state index is 0.0503. The first-order chi connectivity index (χ1) is 12.6. The molecule has 3 aromatic rings. The third-order valence-corrected chi connectivity index (χ3v) is 4.86. The molecule has 4 nitrogen and oxygen atoms in total. The fraction of sp³-hybridized carbons (Fsp3) is 0.200. The van der Waals surface area contributed by atoms with Gasteiger partial charge in [-0.2, -0.15) is 0 Å². The monoisotopic (exact) mass is 369 g/mol. The van der Waals surface area contributed by atoms with Crippen molar-refractivity contribution in [2.75, 3.05) is 23.3 Å². The third kappa shape index (κ3) is 3.35. The predicted molar refractivity (Wildman–Crippen MR) is 103 cm³/mol. The molecule has 2 heterocycles. The smallest absolute Gasteiger partial charge is 0.258 e. The number of carbonyl (C=O) groups is 1. The largest absolute Gasteiger partial charge is 0.372 e. The van der Waals surface area contributed by atoms with Gasteiger partial charge in [-0.15, -0.1) is 0 Å². The average molecular weight is 370 g/mol. The lowest BCUT2D eigenvalue weighted by atomic mass is 10.1. The molecule has 1 aromatic heterocycles. The van der Waals surface area contributed by atoms with E-state index in [0.29, 0.717) is 16.6 Å². The van der Waals surface area contributed by atoms with Gasteiger partial charge in [-0.1, -0.05) is 11.6 Å². The standard InChI is InChI=1S/C20H17ClFN3O/c21-19-17(11-13-3-4-14(22)12-18(13)24-19)20(26)23-15-5-7-16(8-6-15)25-9-1-2-10-25/h3-8,11-12H,1-2,9-10H2,(H,23,26). The van der Waals surface area contributed by atoms with Gasteiger partial charge in [0.15, 0.2) is 0 Å². The summed E-state index contributed by atoms with van der Waals surface area (Å²) >= 11 is 6.13. The number of fused-ring (bicyclic) bond motifs is 1. The van der Waals surface area contributed by atoms with Gasteiger partial charge in [0.25, 0.3) is 5.91 Å². The van der Waals surface area contributed by atoms with E-state index in [1.807, 2.05) is 24.3 Å². The summed E-state index contributed by atoms with van der Waals surface area (Å²) in [5.41, 5.74) is 2.53. The summed E-state index contributed by atoms with van der Waals surface area (Å²) in [7, 11) is 0. The molecule has 4 rings (SSSR count). The maximum absolute atomic E-state index is 13.3. The Morgan fingerprint density at radius 1 is 1.08 bits per heavy atom. The quantitative estimate of drug-likeness (QED) is 0.669. The lowest BCUT2D eigenvalue weighted by Gasteiger charge is -2.17. The van der Waals surface area contributed by atoms with E-state index in [1.165, 1.54) is 25.0 Å². The Balaban J connectivity index is 1.55. The Morgan fingerprint density at radius 3 is 2.54 bits per heavy atom. The van der Waals surface area contributed by atoms with Crippen LogP contribution in [0.2, 0.25) is 5.15 Å². The zero-order chi connectivity index (χ0) is 18.1. The van der Waals surface area contributed by atoms with Gasteiger partial charge >= 0.3 is 0 Å². The Bertz CT molecular complexity index is 969. The van der Waals surface area contributed by atoms with Gasteiger partial charge < -0.3 is 10.2 Å². The first-order valence-electron chi connectivity index (χ1n) is 8.52. The second kappa shape index (κ2) is 6.92. The zero-order valence-electron chi connectivity index (χ0n) is 14.0. The summed E-state index contributed by atoms with van der Waals surface area (Å²) in [5.74, 6) is -0.737. The number of amides is 1. The molecule has 0 spiro atoms. The molecule has 0 unspecified atom stereocenters. The van der Waals surface area contributed by atoms with Gasteiger partial charge in [0.05, 0.1) is 11.1 Å². The number of hydrogen-bond acceptors (Lipinski definition) is 3. The molecular weight excluding hydrogens is 353 g/mol. The molecule has 132 valence electrons. The van der Waals surface area contributed by atoms with E-state index in [-0.39, 0.29) is 16.6 Å². The van der Waals surface area contributed by atoms with Crippen LogP contribution in [-0.4, -0.2) is 24.0 Å². The first kappa shape index (κ1) is 16.8. The van der Waals surface area contributed by atoms with E-state index >= 15 is 0 Å². The van der Waals surface area contributed by atoms with Crippen LogP contribution in [0.5, 0.6) is 0 Å². The van der Waals surface area contributed by atoms with Crippen LogP contribution in [0.1, 0.15) is 23.2 Å². The van der Waals surface area contributed by atoms with Crippen molar-refractivity contribution in [2.24, 2.45) is 0 Å². The van der Waals surface area contributed by atoms with Crippen LogP contribution < -0.4 is 10.2 Å². The predicted octanol–water partition coefficient (Wildman–Crippen LogP) is 4.88. The number of nitrogens with zero attached hydrogens (tertiary/aromatic N) is 2. The minimum atomic E-state index is -0.392. The SMILES string of the molecule is O=C(Nc1ccc(N2CCCC2)cc1)c1cc2ccc(F)cc2nc1Cl. The molecule has 0 aliphatic carbocycles. The van der Waals surface area contributed by atoms with E-state index in [1.54, 1.807) is 12.1 Å². The third-order valence-electron chi connectivity index (χ3n) is 4.57. The number of benzene rings is 2. The number of pyridine rings is 1. The van der Waals surface area contributed by atoms with Crippen LogP contribution in [0, 0.1) is 5.82 Å². The molecule has 1 saturated heterocycles. The van der Waals surface area contributed by atoms with Crippen LogP contribution in [0.3, 0.4) is 0 Å². The number of aromatic nitrogens is 1. The number of nitrogens with one attached hydrogen (secondary N) is 1. The van der Waals surface area contributed by atoms with Gasteiger partial charge in [-0.25, -0.2) is 9.37 Å². The minimum Gasteiger partial charge on any atom is -0.372 e. The van der Waals surface area contributed by atoms with E-state index in [2.05, 4.69) is 15.2 Å². The Labute approximate surface area is 155 Å². The van der Waals surface area contributed by atoms with Gasteiger partial charge in [-0.3, -0.25) is 4.79 Å². The molecule has 1 fully saturated rings. The van der Waals surface area contributed by atoms with Crippen molar-refractivity contribution in [2.45, 2.75) is 12.8 Å². The topological polar surface area (TPSA) is 45.2 Å². The maximum Gasteiger partial charge on any atom is 0.258 e. The summed E-state index contributed by atoms with van der Waals surface area (Å²) in [5, 5.41) is 3.54. The summed E-state index contributed by atoms with van der Waals surface area (Å²) < 4.78 is 13.3. The average Bonchev–Trinajstić information content (AvgIpc) is 3.16. The van der Waals surface area contributed by atoms with Crippen LogP contribution >= 0.6 is 11.6 Å². The first-order valence-corrected chi connectivity index (χ1v) is 8.90. The number of halogens is 2. The number of anilines is 2. The van der Waals surface area contributed by atoms with Gasteiger partial charge in [0, 0.05) is 35.9 Å². The molecule has 2 aromatic carbocycles. The van der Waals surface area contributed by atoms with Crippen molar-refractivity contribution < 1.29 is 9.18 Å². The van der Waals surface area contributed by atoms with E-state index in [9.17, 15) is 9.18 Å². The highest BCUT2D eigenvalue weighted by atomic mass is 35.5. The molecule has 1 aliphatic rings. The Morgan fingerprint density at radius 2 is 1.81 bits per heavy atom. The number of rotatable bonds is 3. The van der Waals surface area contributed by atoms with Crippen LogP contribution in [0.15, 0.2) is 48.5 Å². The number of carbonyl (C=O) groups excluding carboxylic acids is 1. The fourth-order valence-electron chi connectivity index (χ4n) is 3.21. The molecule has 1 amide bonds. The van der Waals surface area contributed by atoms with Crippen LogP contribution in [0.4, 0.5) is 15.8 Å². The summed E-state index contributed by atoms with van der Waals surface area (Å²) in [6, 6.07) is 13.6. The summed E-state index contributed by atoms with van der Waals surface area (Å²) in [4.78, 5) is 19.0. The molecule has 0 bridgehead atoms. The van der Waals surface area contributed by atoms with Gasteiger partial charge in [0.2, 0.25) is 0 Å². The van der Waals surface area contributed by atoms with E-state index in [0.717, 1.165) is 18.8 Å². The Kier molecular flexibility index (Phi) is 4.47. The van der Waals surface area contributed by atoms with Crippen molar-refractivity contribution in [3.8, 4) is 0 Å². The maximum atomic E-state index is 13.3. The van der Waals surface area contributed by atoms with Crippen molar-refractivity contribution in [3.05, 3.63) is 65.1 Å². The van der Waals surface area contributed by atoms with E-state index in [4.69, 9.17) is 11.6 Å². The lowest BCUT2D eigenvalue weighted by Crippen LogP contribution is -2.17. The highest BCUT2D eigenvalue weighted by molar-refractivity contribution is 6.33. The van der Waals surface area contributed by atoms with Crippen molar-refractivity contribution >= 4 is 39.8 Å². The van der Waals surface area contributed by atoms with Crippen LogP contribution in [0.25, 0.3) is 10.9 Å².